The summed E-state index contributed by atoms with van der Waals surface area (Å²) in [5.74, 6) is 6.92. The number of aromatic nitrogens is 2. The van der Waals surface area contributed by atoms with Crippen molar-refractivity contribution in [3.8, 4) is 5.88 Å². The Balaban J connectivity index is 2.44. The molecule has 1 aromatic heterocycles. The monoisotopic (exact) mass is 224 g/mol. The molecule has 0 saturated heterocycles. The molecule has 0 fully saturated rings. The molecule has 0 aliphatic heterocycles. The fourth-order valence-electron chi connectivity index (χ4n) is 1.35. The van der Waals surface area contributed by atoms with Crippen LogP contribution in [0, 0.1) is 12.8 Å². The summed E-state index contributed by atoms with van der Waals surface area (Å²) in [4.78, 5) is 8.18. The van der Waals surface area contributed by atoms with Gasteiger partial charge in [0.2, 0.25) is 11.8 Å². The molecule has 3 N–H and O–H groups in total. The van der Waals surface area contributed by atoms with E-state index in [9.17, 15) is 0 Å². The fraction of sp³-hybridized carbons (Fsp3) is 0.636. The van der Waals surface area contributed by atoms with Crippen LogP contribution in [0.15, 0.2) is 6.07 Å². The SMILES string of the molecule is Cc1cc(OCCCC(C)C)nc(NN)n1. The first-order valence-corrected chi connectivity index (χ1v) is 5.57. The number of hydrazine groups is 1. The maximum atomic E-state index is 5.53. The minimum absolute atomic E-state index is 0.388. The van der Waals surface area contributed by atoms with Crippen LogP contribution in [0.1, 0.15) is 32.4 Å². The molecule has 1 aromatic rings. The van der Waals surface area contributed by atoms with Gasteiger partial charge in [0.15, 0.2) is 0 Å². The summed E-state index contributed by atoms with van der Waals surface area (Å²) in [6, 6.07) is 1.80. The second-order valence-corrected chi connectivity index (χ2v) is 4.20. The van der Waals surface area contributed by atoms with E-state index in [0.29, 0.717) is 24.4 Å². The van der Waals surface area contributed by atoms with Crippen molar-refractivity contribution < 1.29 is 4.74 Å². The molecule has 0 saturated carbocycles. The quantitative estimate of drug-likeness (QED) is 0.438. The summed E-state index contributed by atoms with van der Waals surface area (Å²) in [5, 5.41) is 0. The third-order valence-electron chi connectivity index (χ3n) is 2.14. The van der Waals surface area contributed by atoms with Gasteiger partial charge in [0, 0.05) is 11.8 Å². The number of anilines is 1. The van der Waals surface area contributed by atoms with Crippen LogP contribution in [0.5, 0.6) is 5.88 Å². The molecule has 0 amide bonds. The zero-order chi connectivity index (χ0) is 12.0. The lowest BCUT2D eigenvalue weighted by molar-refractivity contribution is 0.287. The van der Waals surface area contributed by atoms with Crippen molar-refractivity contribution in [2.45, 2.75) is 33.6 Å². The van der Waals surface area contributed by atoms with Crippen LogP contribution in [-0.4, -0.2) is 16.6 Å². The minimum Gasteiger partial charge on any atom is -0.478 e. The molecule has 0 atom stereocenters. The van der Waals surface area contributed by atoms with Crippen LogP contribution in [-0.2, 0) is 0 Å². The van der Waals surface area contributed by atoms with Crippen molar-refractivity contribution in [1.82, 2.24) is 9.97 Å². The van der Waals surface area contributed by atoms with Crippen LogP contribution in [0.4, 0.5) is 5.95 Å². The topological polar surface area (TPSA) is 73.1 Å². The van der Waals surface area contributed by atoms with Crippen LogP contribution >= 0.6 is 0 Å². The smallest absolute Gasteiger partial charge is 0.240 e. The van der Waals surface area contributed by atoms with Crippen molar-refractivity contribution in [3.05, 3.63) is 11.8 Å². The predicted molar refractivity (Wildman–Crippen MR) is 64.1 cm³/mol. The second kappa shape index (κ2) is 6.27. The number of hydrogen-bond acceptors (Lipinski definition) is 5. The number of nitrogens with two attached hydrogens (primary N) is 1. The Hall–Kier alpha value is -1.36. The zero-order valence-corrected chi connectivity index (χ0v) is 10.2. The highest BCUT2D eigenvalue weighted by Gasteiger charge is 2.02. The maximum Gasteiger partial charge on any atom is 0.240 e. The van der Waals surface area contributed by atoms with Gasteiger partial charge in [-0.1, -0.05) is 13.8 Å². The van der Waals surface area contributed by atoms with Gasteiger partial charge in [0.05, 0.1) is 6.61 Å². The average molecular weight is 224 g/mol. The fourth-order valence-corrected chi connectivity index (χ4v) is 1.35. The summed E-state index contributed by atoms with van der Waals surface area (Å²) in [7, 11) is 0. The van der Waals surface area contributed by atoms with E-state index in [1.54, 1.807) is 6.07 Å². The third-order valence-corrected chi connectivity index (χ3v) is 2.14. The van der Waals surface area contributed by atoms with E-state index < -0.39 is 0 Å². The third kappa shape index (κ3) is 4.44. The van der Waals surface area contributed by atoms with E-state index in [1.165, 1.54) is 0 Å². The molecule has 1 rings (SSSR count). The predicted octanol–water partition coefficient (Wildman–Crippen LogP) is 1.89. The van der Waals surface area contributed by atoms with Crippen LogP contribution < -0.4 is 16.0 Å². The summed E-state index contributed by atoms with van der Waals surface area (Å²) < 4.78 is 5.53. The lowest BCUT2D eigenvalue weighted by Crippen LogP contribution is -2.12. The highest BCUT2D eigenvalue weighted by molar-refractivity contribution is 5.28. The van der Waals surface area contributed by atoms with Gasteiger partial charge in [-0.3, -0.25) is 5.43 Å². The van der Waals surface area contributed by atoms with Gasteiger partial charge in [-0.05, 0) is 25.7 Å². The molecule has 0 spiro atoms. The zero-order valence-electron chi connectivity index (χ0n) is 10.2. The molecule has 0 bridgehead atoms. The Kier molecular flexibility index (Phi) is 4.98. The van der Waals surface area contributed by atoms with Crippen molar-refractivity contribution in [2.24, 2.45) is 11.8 Å². The van der Waals surface area contributed by atoms with E-state index >= 15 is 0 Å². The van der Waals surface area contributed by atoms with Gasteiger partial charge in [0.25, 0.3) is 0 Å². The molecule has 0 aliphatic rings. The molecule has 1 heterocycles. The number of aryl methyl sites for hydroxylation is 1. The molecule has 0 radical (unpaired) electrons. The van der Waals surface area contributed by atoms with E-state index in [4.69, 9.17) is 10.6 Å². The molecule has 0 aliphatic carbocycles. The molecular formula is C11H20N4O. The Morgan fingerprint density at radius 1 is 1.44 bits per heavy atom. The minimum atomic E-state index is 0.388. The Morgan fingerprint density at radius 2 is 2.19 bits per heavy atom. The molecule has 0 unspecified atom stereocenters. The number of nitrogen functional groups attached to an aromatic ring is 1. The highest BCUT2D eigenvalue weighted by atomic mass is 16.5. The van der Waals surface area contributed by atoms with Crippen molar-refractivity contribution in [2.75, 3.05) is 12.0 Å². The molecule has 16 heavy (non-hydrogen) atoms. The van der Waals surface area contributed by atoms with Crippen LogP contribution in [0.25, 0.3) is 0 Å². The number of rotatable bonds is 6. The summed E-state index contributed by atoms with van der Waals surface area (Å²) in [6.07, 6.45) is 2.19. The van der Waals surface area contributed by atoms with E-state index in [2.05, 4.69) is 29.2 Å². The van der Waals surface area contributed by atoms with Crippen molar-refractivity contribution in [1.29, 1.82) is 0 Å². The highest BCUT2D eigenvalue weighted by Crippen LogP contribution is 2.12. The molecule has 90 valence electrons. The first-order valence-electron chi connectivity index (χ1n) is 5.57. The van der Waals surface area contributed by atoms with E-state index in [1.807, 2.05) is 6.92 Å². The summed E-state index contributed by atoms with van der Waals surface area (Å²) in [5.41, 5.74) is 3.25. The largest absolute Gasteiger partial charge is 0.478 e. The number of nitrogens with zero attached hydrogens (tertiary/aromatic N) is 2. The lowest BCUT2D eigenvalue weighted by atomic mass is 10.1. The number of hydrogen-bond donors (Lipinski definition) is 2. The second-order valence-electron chi connectivity index (χ2n) is 4.20. The maximum absolute atomic E-state index is 5.53. The summed E-state index contributed by atoms with van der Waals surface area (Å²) >= 11 is 0. The first kappa shape index (κ1) is 12.7. The van der Waals surface area contributed by atoms with Gasteiger partial charge >= 0.3 is 0 Å². The number of ether oxygens (including phenoxy) is 1. The Morgan fingerprint density at radius 3 is 2.81 bits per heavy atom. The first-order chi connectivity index (χ1) is 7.61. The lowest BCUT2D eigenvalue weighted by Gasteiger charge is -2.08. The Labute approximate surface area is 96.4 Å². The van der Waals surface area contributed by atoms with Gasteiger partial charge in [0.1, 0.15) is 0 Å². The number of nitrogens with one attached hydrogen (secondary N) is 1. The van der Waals surface area contributed by atoms with E-state index in [0.717, 1.165) is 18.5 Å². The Bertz CT molecular complexity index is 328. The normalized spacial score (nSPS) is 10.6. The molecular weight excluding hydrogens is 204 g/mol. The van der Waals surface area contributed by atoms with Crippen LogP contribution in [0.3, 0.4) is 0 Å². The molecule has 0 aromatic carbocycles. The van der Waals surface area contributed by atoms with E-state index in [-0.39, 0.29) is 0 Å². The van der Waals surface area contributed by atoms with Gasteiger partial charge < -0.3 is 4.74 Å². The average Bonchev–Trinajstić information content (AvgIpc) is 2.23. The summed E-state index contributed by atoms with van der Waals surface area (Å²) in [6.45, 7) is 6.96. The molecule has 5 nitrogen and oxygen atoms in total. The van der Waals surface area contributed by atoms with Crippen LogP contribution in [0.2, 0.25) is 0 Å². The van der Waals surface area contributed by atoms with Gasteiger partial charge in [-0.15, -0.1) is 0 Å². The van der Waals surface area contributed by atoms with Gasteiger partial charge in [-0.25, -0.2) is 10.8 Å². The van der Waals surface area contributed by atoms with Gasteiger partial charge in [-0.2, -0.15) is 4.98 Å². The standard InChI is InChI=1S/C11H20N4O/c1-8(2)5-4-6-16-10-7-9(3)13-11(14-10)15-12/h7-8H,4-6,12H2,1-3H3,(H,13,14,15). The van der Waals surface area contributed by atoms with Crippen molar-refractivity contribution >= 4 is 5.95 Å². The van der Waals surface area contributed by atoms with Crippen molar-refractivity contribution in [3.63, 3.8) is 0 Å². The molecule has 5 heteroatoms.